The lowest BCUT2D eigenvalue weighted by Crippen LogP contribution is -2.19. The van der Waals surface area contributed by atoms with E-state index in [1.807, 2.05) is 30.0 Å². The molecule has 104 valence electrons. The molecule has 3 rings (SSSR count). The third kappa shape index (κ3) is 2.46. The summed E-state index contributed by atoms with van der Waals surface area (Å²) in [6, 6.07) is 6.44. The van der Waals surface area contributed by atoms with E-state index in [1.165, 1.54) is 12.1 Å². The van der Waals surface area contributed by atoms with Crippen LogP contribution in [0.15, 0.2) is 36.7 Å². The van der Waals surface area contributed by atoms with E-state index in [-0.39, 0.29) is 17.7 Å². The molecule has 2 heterocycles. The number of ether oxygens (including phenoxy) is 1. The predicted molar refractivity (Wildman–Crippen MR) is 73.6 cm³/mol. The molecule has 3 nitrogen and oxygen atoms in total. The Morgan fingerprint density at radius 3 is 3.10 bits per heavy atom. The predicted octanol–water partition coefficient (Wildman–Crippen LogP) is 3.22. The first-order valence-electron chi connectivity index (χ1n) is 6.79. The zero-order valence-electron chi connectivity index (χ0n) is 11.3. The fraction of sp³-hybridized carbons (Fsp3) is 0.312. The van der Waals surface area contributed by atoms with Crippen molar-refractivity contribution in [2.75, 3.05) is 0 Å². The third-order valence-corrected chi connectivity index (χ3v) is 3.57. The monoisotopic (exact) mass is 273 g/mol. The van der Waals surface area contributed by atoms with Gasteiger partial charge < -0.3 is 9.30 Å². The van der Waals surface area contributed by atoms with Gasteiger partial charge in [-0.2, -0.15) is 0 Å². The van der Waals surface area contributed by atoms with Crippen molar-refractivity contribution in [1.82, 2.24) is 4.57 Å². The average molecular weight is 273 g/mol. The Bertz CT molecular complexity index is 648. The molecule has 20 heavy (non-hydrogen) atoms. The minimum Gasteiger partial charge on any atom is -0.488 e. The van der Waals surface area contributed by atoms with E-state index < -0.39 is 0 Å². The molecule has 1 aliphatic rings. The van der Waals surface area contributed by atoms with Gasteiger partial charge >= 0.3 is 0 Å². The van der Waals surface area contributed by atoms with E-state index in [0.29, 0.717) is 19.4 Å². The zero-order valence-corrected chi connectivity index (χ0v) is 11.3. The Labute approximate surface area is 117 Å². The van der Waals surface area contributed by atoms with Gasteiger partial charge in [0.05, 0.1) is 6.54 Å². The number of carbonyl (C=O) groups excluding carboxylic acids is 1. The van der Waals surface area contributed by atoms with Crippen molar-refractivity contribution in [1.29, 1.82) is 0 Å². The molecule has 4 heteroatoms. The van der Waals surface area contributed by atoms with Crippen molar-refractivity contribution >= 4 is 5.78 Å². The van der Waals surface area contributed by atoms with Crippen molar-refractivity contribution in [3.05, 3.63) is 53.6 Å². The molecule has 0 aliphatic carbocycles. The number of fused-ring (bicyclic) bond motifs is 1. The highest BCUT2D eigenvalue weighted by Crippen LogP contribution is 2.29. The Kier molecular flexibility index (Phi) is 3.30. The van der Waals surface area contributed by atoms with E-state index in [1.54, 1.807) is 6.07 Å². The second-order valence-electron chi connectivity index (χ2n) is 5.07. The largest absolute Gasteiger partial charge is 0.488 e. The Morgan fingerprint density at radius 1 is 1.45 bits per heavy atom. The number of aromatic nitrogens is 1. The van der Waals surface area contributed by atoms with Gasteiger partial charge in [-0.1, -0.05) is 6.92 Å². The van der Waals surface area contributed by atoms with E-state index in [9.17, 15) is 9.18 Å². The van der Waals surface area contributed by atoms with E-state index in [4.69, 9.17) is 4.74 Å². The molecule has 0 saturated carbocycles. The molecule has 0 amide bonds. The fourth-order valence-corrected chi connectivity index (χ4v) is 2.55. The van der Waals surface area contributed by atoms with Crippen molar-refractivity contribution in [2.45, 2.75) is 32.4 Å². The van der Waals surface area contributed by atoms with Gasteiger partial charge in [0.2, 0.25) is 0 Å². The normalized spacial score (nSPS) is 16.8. The molecule has 1 unspecified atom stereocenters. The van der Waals surface area contributed by atoms with Crippen LogP contribution in [0.3, 0.4) is 0 Å². The number of halogens is 1. The van der Waals surface area contributed by atoms with Crippen LogP contribution in [0, 0.1) is 5.82 Å². The minimum atomic E-state index is -0.232. The maximum atomic E-state index is 13.1. The minimum absolute atomic E-state index is 0.0104. The number of rotatable bonds is 4. The van der Waals surface area contributed by atoms with Crippen LogP contribution in [0.4, 0.5) is 4.39 Å². The SMILES string of the molecule is CCC(=O)c1ccn(CC2Cc3cc(F)ccc3O2)c1. The summed E-state index contributed by atoms with van der Waals surface area (Å²) in [4.78, 5) is 11.6. The Morgan fingerprint density at radius 2 is 2.30 bits per heavy atom. The molecule has 0 fully saturated rings. The van der Waals surface area contributed by atoms with E-state index in [0.717, 1.165) is 16.9 Å². The first kappa shape index (κ1) is 12.9. The molecule has 0 N–H and O–H groups in total. The lowest BCUT2D eigenvalue weighted by Gasteiger charge is -2.11. The number of ketones is 1. The van der Waals surface area contributed by atoms with Crippen LogP contribution < -0.4 is 4.74 Å². The molecular weight excluding hydrogens is 257 g/mol. The van der Waals surface area contributed by atoms with Gasteiger partial charge in [0.25, 0.3) is 0 Å². The first-order chi connectivity index (χ1) is 9.65. The Balaban J connectivity index is 1.68. The zero-order chi connectivity index (χ0) is 14.1. The summed E-state index contributed by atoms with van der Waals surface area (Å²) in [5, 5.41) is 0. The lowest BCUT2D eigenvalue weighted by atomic mass is 10.1. The van der Waals surface area contributed by atoms with Crippen molar-refractivity contribution < 1.29 is 13.9 Å². The number of Topliss-reactive ketones (excluding diaryl/α,β-unsaturated/α-hetero) is 1. The molecule has 0 spiro atoms. The average Bonchev–Trinajstić information content (AvgIpc) is 3.04. The number of hydrogen-bond acceptors (Lipinski definition) is 2. The molecular formula is C16H16FNO2. The van der Waals surface area contributed by atoms with Crippen LogP contribution >= 0.6 is 0 Å². The van der Waals surface area contributed by atoms with Crippen LogP contribution in [-0.4, -0.2) is 16.5 Å². The van der Waals surface area contributed by atoms with Crippen LogP contribution in [0.5, 0.6) is 5.75 Å². The molecule has 0 bridgehead atoms. The summed E-state index contributed by atoms with van der Waals surface area (Å²) >= 11 is 0. The van der Waals surface area contributed by atoms with Gasteiger partial charge in [0.15, 0.2) is 5.78 Å². The first-order valence-corrected chi connectivity index (χ1v) is 6.79. The Hall–Kier alpha value is -2.10. The number of benzene rings is 1. The standard InChI is InChI=1S/C16H16FNO2/c1-2-15(19)11-5-6-18(9-11)10-14-8-12-7-13(17)3-4-16(12)20-14/h3-7,9,14H,2,8,10H2,1H3. The summed E-state index contributed by atoms with van der Waals surface area (Å²) < 4.78 is 20.9. The van der Waals surface area contributed by atoms with Crippen LogP contribution in [0.25, 0.3) is 0 Å². The van der Waals surface area contributed by atoms with Crippen molar-refractivity contribution in [3.8, 4) is 5.75 Å². The molecule has 1 aromatic carbocycles. The van der Waals surface area contributed by atoms with Gasteiger partial charge in [-0.05, 0) is 24.3 Å². The van der Waals surface area contributed by atoms with Gasteiger partial charge in [0, 0.05) is 36.4 Å². The highest BCUT2D eigenvalue weighted by molar-refractivity contribution is 5.95. The van der Waals surface area contributed by atoms with Gasteiger partial charge in [-0.15, -0.1) is 0 Å². The molecule has 1 atom stereocenters. The maximum absolute atomic E-state index is 13.1. The van der Waals surface area contributed by atoms with Crippen molar-refractivity contribution in [2.24, 2.45) is 0 Å². The van der Waals surface area contributed by atoms with E-state index in [2.05, 4.69) is 0 Å². The topological polar surface area (TPSA) is 31.2 Å². The second kappa shape index (κ2) is 5.12. The van der Waals surface area contributed by atoms with Crippen LogP contribution in [0.1, 0.15) is 29.3 Å². The lowest BCUT2D eigenvalue weighted by molar-refractivity contribution is 0.0988. The molecule has 1 aliphatic heterocycles. The maximum Gasteiger partial charge on any atom is 0.164 e. The number of nitrogens with zero attached hydrogens (tertiary/aromatic N) is 1. The molecule has 1 aromatic heterocycles. The second-order valence-corrected chi connectivity index (χ2v) is 5.07. The summed E-state index contributed by atoms with van der Waals surface area (Å²) in [6.07, 6.45) is 4.93. The number of carbonyl (C=O) groups is 1. The quantitative estimate of drug-likeness (QED) is 0.801. The summed E-state index contributed by atoms with van der Waals surface area (Å²) in [7, 11) is 0. The number of hydrogen-bond donors (Lipinski definition) is 0. The van der Waals surface area contributed by atoms with Gasteiger partial charge in [-0.3, -0.25) is 4.79 Å². The summed E-state index contributed by atoms with van der Waals surface area (Å²) in [6.45, 7) is 2.51. The summed E-state index contributed by atoms with van der Waals surface area (Å²) in [5.74, 6) is 0.666. The van der Waals surface area contributed by atoms with Gasteiger partial charge in [0.1, 0.15) is 17.7 Å². The summed E-state index contributed by atoms with van der Waals surface area (Å²) in [5.41, 5.74) is 1.64. The van der Waals surface area contributed by atoms with E-state index >= 15 is 0 Å². The highest BCUT2D eigenvalue weighted by atomic mass is 19.1. The smallest absolute Gasteiger partial charge is 0.164 e. The molecule has 0 saturated heterocycles. The van der Waals surface area contributed by atoms with Gasteiger partial charge in [-0.25, -0.2) is 4.39 Å². The van der Waals surface area contributed by atoms with Crippen LogP contribution in [-0.2, 0) is 13.0 Å². The van der Waals surface area contributed by atoms with Crippen LogP contribution in [0.2, 0.25) is 0 Å². The molecule has 0 radical (unpaired) electrons. The van der Waals surface area contributed by atoms with Crippen molar-refractivity contribution in [3.63, 3.8) is 0 Å². The fourth-order valence-electron chi connectivity index (χ4n) is 2.55. The third-order valence-electron chi connectivity index (χ3n) is 3.57. The molecule has 2 aromatic rings. The highest BCUT2D eigenvalue weighted by Gasteiger charge is 2.23.